The Bertz CT molecular complexity index is 489. The van der Waals surface area contributed by atoms with Crippen molar-refractivity contribution in [2.75, 3.05) is 6.61 Å². The fourth-order valence-corrected chi connectivity index (χ4v) is 2.91. The van der Waals surface area contributed by atoms with Crippen LogP contribution in [0.2, 0.25) is 0 Å². The molecule has 1 fully saturated rings. The van der Waals surface area contributed by atoms with Crippen LogP contribution in [-0.4, -0.2) is 48.9 Å². The molecule has 1 aliphatic heterocycles. The van der Waals surface area contributed by atoms with Crippen molar-refractivity contribution >= 4 is 26.2 Å². The minimum atomic E-state index is -0.787. The van der Waals surface area contributed by atoms with Gasteiger partial charge in [-0.05, 0) is 0 Å². The van der Waals surface area contributed by atoms with Crippen molar-refractivity contribution < 1.29 is 14.6 Å². The average Bonchev–Trinajstić information content (AvgIpc) is 2.81. The van der Waals surface area contributed by atoms with Gasteiger partial charge in [-0.25, -0.2) is 0 Å². The Kier molecular flexibility index (Phi) is 4.97. The molecule has 1 aromatic carbocycles. The number of carbonyl (C=O) groups is 1. The fourth-order valence-electron chi connectivity index (χ4n) is 2.27. The molecule has 0 spiro atoms. The molecule has 108 valence electrons. The molecule has 0 aromatic heterocycles. The van der Waals surface area contributed by atoms with Gasteiger partial charge in [0.2, 0.25) is 0 Å². The Hall–Kier alpha value is -1.16. The van der Waals surface area contributed by atoms with Crippen LogP contribution in [0.3, 0.4) is 0 Å². The molecule has 0 saturated carbocycles. The van der Waals surface area contributed by atoms with Gasteiger partial charge in [0, 0.05) is 0 Å². The van der Waals surface area contributed by atoms with Gasteiger partial charge in [-0.1, -0.05) is 0 Å². The summed E-state index contributed by atoms with van der Waals surface area (Å²) in [4.78, 5) is 14.0. The summed E-state index contributed by atoms with van der Waals surface area (Å²) < 4.78 is 5.94. The van der Waals surface area contributed by atoms with Crippen LogP contribution in [0, 0.1) is 5.92 Å². The van der Waals surface area contributed by atoms with Crippen molar-refractivity contribution in [2.45, 2.75) is 32.4 Å². The number of nitrogens with zero attached hydrogens (tertiary/aromatic N) is 1. The fraction of sp³-hybridized carbons (Fsp3) is 0.467. The summed E-state index contributed by atoms with van der Waals surface area (Å²) in [6.07, 6.45) is -0.730. The van der Waals surface area contributed by atoms with E-state index >= 15 is 0 Å². The van der Waals surface area contributed by atoms with Gasteiger partial charge >= 0.3 is 127 Å². The molecule has 20 heavy (non-hydrogen) atoms. The number of ether oxygens (including phenoxy) is 1. The maximum atomic E-state index is 12.4. The number of aliphatic hydroxyl groups excluding tert-OH is 1. The molecule has 5 heteroatoms. The van der Waals surface area contributed by atoms with Gasteiger partial charge in [0.05, 0.1) is 0 Å². The molecule has 0 bridgehead atoms. The van der Waals surface area contributed by atoms with Crippen molar-refractivity contribution in [3.05, 3.63) is 35.9 Å². The number of hydrogen-bond acceptors (Lipinski definition) is 3. The Morgan fingerprint density at radius 1 is 1.45 bits per heavy atom. The van der Waals surface area contributed by atoms with Gasteiger partial charge in [-0.15, -0.1) is 0 Å². The van der Waals surface area contributed by atoms with Gasteiger partial charge in [0.25, 0.3) is 0 Å². The molecule has 0 aliphatic carbocycles. The summed E-state index contributed by atoms with van der Waals surface area (Å²) in [6, 6.07) is 9.26. The first kappa shape index (κ1) is 15.2. The predicted octanol–water partition coefficient (Wildman–Crippen LogP) is 1.25. The van der Waals surface area contributed by atoms with Crippen molar-refractivity contribution in [3.8, 4) is 0 Å². The molecule has 1 heterocycles. The SMILES string of the molecule is CC(C)[C@H]1COC(=[Se])N1C(=O)C[C@@H](O)c1ccccc1. The second kappa shape index (κ2) is 6.53. The molecule has 1 saturated heterocycles. The zero-order chi connectivity index (χ0) is 14.7. The average molecular weight is 340 g/mol. The first-order valence-corrected chi connectivity index (χ1v) is 7.58. The Labute approximate surface area is 127 Å². The first-order chi connectivity index (χ1) is 9.50. The van der Waals surface area contributed by atoms with Crippen LogP contribution in [0.4, 0.5) is 0 Å². The van der Waals surface area contributed by atoms with E-state index in [1.54, 1.807) is 4.90 Å². The van der Waals surface area contributed by atoms with Gasteiger partial charge < -0.3 is 0 Å². The summed E-state index contributed by atoms with van der Waals surface area (Å²) in [5.41, 5.74) is 0.753. The summed E-state index contributed by atoms with van der Waals surface area (Å²) in [5, 5.41) is 10.2. The van der Waals surface area contributed by atoms with Crippen molar-refractivity contribution in [3.63, 3.8) is 0 Å². The summed E-state index contributed by atoms with van der Waals surface area (Å²) in [6.45, 7) is 4.62. The number of rotatable bonds is 4. The number of hydrogen-bond donors (Lipinski definition) is 1. The van der Waals surface area contributed by atoms with Gasteiger partial charge in [0.1, 0.15) is 0 Å². The van der Waals surface area contributed by atoms with E-state index in [9.17, 15) is 9.90 Å². The van der Waals surface area contributed by atoms with E-state index in [2.05, 4.69) is 29.4 Å². The molecule has 4 nitrogen and oxygen atoms in total. The number of aliphatic hydroxyl groups is 1. The normalized spacial score (nSPS) is 20.1. The summed E-state index contributed by atoms with van der Waals surface area (Å²) in [7, 11) is 0. The molecular formula is C15H19NO3Se. The molecule has 1 N–H and O–H groups in total. The van der Waals surface area contributed by atoms with E-state index < -0.39 is 6.10 Å². The van der Waals surface area contributed by atoms with Crippen LogP contribution in [0.1, 0.15) is 31.9 Å². The molecule has 1 amide bonds. The first-order valence-electron chi connectivity index (χ1n) is 6.72. The third kappa shape index (κ3) is 3.29. The number of benzene rings is 1. The molecule has 2 atom stereocenters. The zero-order valence-corrected chi connectivity index (χ0v) is 13.4. The molecule has 0 unspecified atom stereocenters. The molecular weight excluding hydrogens is 321 g/mol. The predicted molar refractivity (Wildman–Crippen MR) is 78.2 cm³/mol. The molecule has 1 aliphatic rings. The molecule has 2 rings (SSSR count). The van der Waals surface area contributed by atoms with E-state index in [0.717, 1.165) is 5.56 Å². The Balaban J connectivity index is 2.06. The monoisotopic (exact) mass is 341 g/mol. The quantitative estimate of drug-likeness (QED) is 0.840. The van der Waals surface area contributed by atoms with Crippen LogP contribution in [0.25, 0.3) is 0 Å². The van der Waals surface area contributed by atoms with Crippen LogP contribution in [0.5, 0.6) is 0 Å². The van der Waals surface area contributed by atoms with Crippen molar-refractivity contribution in [1.29, 1.82) is 0 Å². The second-order valence-electron chi connectivity index (χ2n) is 5.28. The van der Waals surface area contributed by atoms with E-state index in [1.807, 2.05) is 30.3 Å². The van der Waals surface area contributed by atoms with Crippen molar-refractivity contribution in [2.24, 2.45) is 5.92 Å². The van der Waals surface area contributed by atoms with E-state index in [1.165, 1.54) is 0 Å². The second-order valence-corrected chi connectivity index (χ2v) is 6.02. The third-order valence-electron chi connectivity index (χ3n) is 3.50. The van der Waals surface area contributed by atoms with Crippen LogP contribution >= 0.6 is 0 Å². The Morgan fingerprint density at radius 3 is 2.70 bits per heavy atom. The van der Waals surface area contributed by atoms with Crippen LogP contribution in [-0.2, 0) is 9.53 Å². The topological polar surface area (TPSA) is 49.8 Å². The third-order valence-corrected chi connectivity index (χ3v) is 4.16. The van der Waals surface area contributed by atoms with E-state index in [4.69, 9.17) is 4.74 Å². The van der Waals surface area contributed by atoms with E-state index in [0.29, 0.717) is 17.3 Å². The van der Waals surface area contributed by atoms with E-state index in [-0.39, 0.29) is 18.4 Å². The van der Waals surface area contributed by atoms with Gasteiger partial charge in [-0.2, -0.15) is 0 Å². The Morgan fingerprint density at radius 2 is 2.10 bits per heavy atom. The minimum absolute atomic E-state index is 0.0294. The number of carbonyl (C=O) groups excluding carboxylic acids is 1. The summed E-state index contributed by atoms with van der Waals surface area (Å²) >= 11 is 2.79. The van der Waals surface area contributed by atoms with Crippen LogP contribution in [0.15, 0.2) is 30.3 Å². The zero-order valence-electron chi connectivity index (χ0n) is 11.7. The van der Waals surface area contributed by atoms with Gasteiger partial charge in [-0.3, -0.25) is 0 Å². The molecule has 0 radical (unpaired) electrons. The summed E-state index contributed by atoms with van der Waals surface area (Å²) in [5.74, 6) is 0.185. The maximum absolute atomic E-state index is 12.4. The van der Waals surface area contributed by atoms with Gasteiger partial charge in [0.15, 0.2) is 0 Å². The standard InChI is InChI=1S/C15H19NO3Se/c1-10(2)12-9-19-15(20)16(12)14(18)8-13(17)11-6-4-3-5-7-11/h3-7,10,12-13,17H,8-9H2,1-2H3/t12-,13-/m1/s1. The number of amides is 1. The molecule has 1 aromatic rings. The van der Waals surface area contributed by atoms with Crippen LogP contribution < -0.4 is 0 Å². The van der Waals surface area contributed by atoms with Crippen molar-refractivity contribution in [1.82, 2.24) is 4.90 Å².